The van der Waals surface area contributed by atoms with Crippen LogP contribution >= 0.6 is 0 Å². The van der Waals surface area contributed by atoms with Crippen LogP contribution in [0.25, 0.3) is 0 Å². The molecule has 5 heteroatoms. The number of rotatable bonds is 4. The molecule has 2 aliphatic heterocycles. The van der Waals surface area contributed by atoms with Crippen molar-refractivity contribution in [2.75, 3.05) is 20.2 Å². The number of piperidine rings is 1. The van der Waals surface area contributed by atoms with E-state index in [0.717, 1.165) is 45.2 Å². The van der Waals surface area contributed by atoms with E-state index in [4.69, 9.17) is 9.47 Å². The zero-order valence-electron chi connectivity index (χ0n) is 18.3. The van der Waals surface area contributed by atoms with Crippen molar-refractivity contribution < 1.29 is 19.0 Å². The highest BCUT2D eigenvalue weighted by Crippen LogP contribution is 2.45. The van der Waals surface area contributed by atoms with E-state index in [9.17, 15) is 9.50 Å². The van der Waals surface area contributed by atoms with Gasteiger partial charge in [0, 0.05) is 19.1 Å². The van der Waals surface area contributed by atoms with Crippen molar-refractivity contribution in [2.24, 2.45) is 11.3 Å². The van der Waals surface area contributed by atoms with Gasteiger partial charge in [0.2, 0.25) is 0 Å². The number of benzene rings is 1. The summed E-state index contributed by atoms with van der Waals surface area (Å²) in [6.07, 6.45) is 3.43. The number of ether oxygens (including phenoxy) is 2. The predicted molar refractivity (Wildman–Crippen MR) is 112 cm³/mol. The van der Waals surface area contributed by atoms with Crippen molar-refractivity contribution in [1.29, 1.82) is 0 Å². The molecule has 0 amide bonds. The van der Waals surface area contributed by atoms with Crippen molar-refractivity contribution in [3.63, 3.8) is 0 Å². The van der Waals surface area contributed by atoms with E-state index in [-0.39, 0.29) is 23.7 Å². The molecule has 1 aliphatic carbocycles. The first kappa shape index (κ1) is 20.9. The van der Waals surface area contributed by atoms with Gasteiger partial charge < -0.3 is 14.6 Å². The summed E-state index contributed by atoms with van der Waals surface area (Å²) in [6.45, 7) is 8.67. The van der Waals surface area contributed by atoms with Crippen LogP contribution in [-0.4, -0.2) is 48.6 Å². The quantitative estimate of drug-likeness (QED) is 0.790. The maximum absolute atomic E-state index is 14.1. The Kier molecular flexibility index (Phi) is 5.82. The first-order valence-electron chi connectivity index (χ1n) is 11.2. The summed E-state index contributed by atoms with van der Waals surface area (Å²) in [5.74, 6) is 1.66. The van der Waals surface area contributed by atoms with Gasteiger partial charge in [-0.3, -0.25) is 4.90 Å². The van der Waals surface area contributed by atoms with E-state index in [0.29, 0.717) is 23.8 Å². The maximum atomic E-state index is 14.1. The van der Waals surface area contributed by atoms with E-state index in [1.807, 2.05) is 0 Å². The number of nitrogens with zero attached hydrogens (tertiary/aromatic N) is 1. The summed E-state index contributed by atoms with van der Waals surface area (Å²) in [4.78, 5) is 2.53. The van der Waals surface area contributed by atoms with Gasteiger partial charge in [-0.05, 0) is 73.1 Å². The smallest absolute Gasteiger partial charge is 0.162 e. The molecule has 2 heterocycles. The molecule has 29 heavy (non-hydrogen) atoms. The van der Waals surface area contributed by atoms with Gasteiger partial charge in [-0.15, -0.1) is 0 Å². The number of aliphatic hydroxyl groups is 1. The van der Waals surface area contributed by atoms with Gasteiger partial charge in [0.15, 0.2) is 11.5 Å². The summed E-state index contributed by atoms with van der Waals surface area (Å²) in [6, 6.07) is 4.35. The van der Waals surface area contributed by atoms with Crippen molar-refractivity contribution in [3.8, 4) is 11.5 Å². The zero-order chi connectivity index (χ0) is 20.8. The molecular formula is C24H36FNO3. The van der Waals surface area contributed by atoms with Crippen LogP contribution in [0.4, 0.5) is 4.39 Å². The third-order valence-electron chi connectivity index (χ3n) is 6.90. The Labute approximate surface area is 174 Å². The fourth-order valence-corrected chi connectivity index (χ4v) is 5.52. The fourth-order valence-electron chi connectivity index (χ4n) is 5.52. The Morgan fingerprint density at radius 3 is 2.66 bits per heavy atom. The molecule has 5 unspecified atom stereocenters. The third kappa shape index (κ3) is 4.41. The molecule has 4 nitrogen and oxygen atoms in total. The molecule has 1 N–H and O–H groups in total. The molecule has 0 spiro atoms. The molecule has 5 atom stereocenters. The van der Waals surface area contributed by atoms with Gasteiger partial charge in [-0.1, -0.05) is 20.8 Å². The van der Waals surface area contributed by atoms with E-state index in [2.05, 4.69) is 37.8 Å². The highest BCUT2D eigenvalue weighted by Gasteiger charge is 2.40. The zero-order valence-corrected chi connectivity index (χ0v) is 18.3. The topological polar surface area (TPSA) is 41.9 Å². The number of methoxy groups -OCH3 is 1. The van der Waals surface area contributed by atoms with Crippen molar-refractivity contribution in [2.45, 2.75) is 83.7 Å². The summed E-state index contributed by atoms with van der Waals surface area (Å²) in [7, 11) is 1.64. The van der Waals surface area contributed by atoms with Crippen LogP contribution in [0, 0.1) is 11.3 Å². The van der Waals surface area contributed by atoms with Crippen molar-refractivity contribution in [3.05, 3.63) is 23.3 Å². The summed E-state index contributed by atoms with van der Waals surface area (Å²) >= 11 is 0. The number of halogens is 1. The average molecular weight is 406 g/mol. The summed E-state index contributed by atoms with van der Waals surface area (Å²) in [5, 5.41) is 10.9. The molecule has 4 rings (SSSR count). The molecule has 162 valence electrons. The lowest BCUT2D eigenvalue weighted by atomic mass is 9.75. The lowest BCUT2D eigenvalue weighted by Crippen LogP contribution is -2.48. The summed E-state index contributed by atoms with van der Waals surface area (Å²) in [5.41, 5.74) is 2.70. The normalized spacial score (nSPS) is 32.6. The SMILES string of the molecule is COc1cc2c(cc1OC1CCCC1F)CCN1CC(CC(C)(C)C)C(O)CC21. The van der Waals surface area contributed by atoms with E-state index in [1.54, 1.807) is 7.11 Å². The van der Waals surface area contributed by atoms with Gasteiger partial charge in [0.05, 0.1) is 13.2 Å². The van der Waals surface area contributed by atoms with Gasteiger partial charge in [-0.25, -0.2) is 4.39 Å². The highest BCUT2D eigenvalue weighted by molar-refractivity contribution is 5.50. The second-order valence-corrected chi connectivity index (χ2v) is 10.4. The molecule has 0 aromatic heterocycles. The lowest BCUT2D eigenvalue weighted by molar-refractivity contribution is -0.0259. The predicted octanol–water partition coefficient (Wildman–Crippen LogP) is 4.68. The molecular weight excluding hydrogens is 369 g/mol. The van der Waals surface area contributed by atoms with Gasteiger partial charge >= 0.3 is 0 Å². The molecule has 1 saturated carbocycles. The molecule has 0 bridgehead atoms. The number of aliphatic hydroxyl groups excluding tert-OH is 1. The van der Waals surface area contributed by atoms with Crippen LogP contribution in [0.2, 0.25) is 0 Å². The molecule has 1 aromatic carbocycles. The van der Waals surface area contributed by atoms with E-state index >= 15 is 0 Å². The number of hydrogen-bond donors (Lipinski definition) is 1. The minimum absolute atomic E-state index is 0.216. The molecule has 1 aromatic rings. The second-order valence-electron chi connectivity index (χ2n) is 10.4. The van der Waals surface area contributed by atoms with Crippen LogP contribution in [0.5, 0.6) is 11.5 Å². The monoisotopic (exact) mass is 405 g/mol. The van der Waals surface area contributed by atoms with Crippen molar-refractivity contribution >= 4 is 0 Å². The second kappa shape index (κ2) is 8.07. The Hall–Kier alpha value is -1.33. The molecule has 1 saturated heterocycles. The minimum Gasteiger partial charge on any atom is -0.493 e. The van der Waals surface area contributed by atoms with Crippen LogP contribution in [0.1, 0.15) is 70.0 Å². The van der Waals surface area contributed by atoms with Crippen LogP contribution in [0.3, 0.4) is 0 Å². The van der Waals surface area contributed by atoms with E-state index in [1.165, 1.54) is 11.1 Å². The largest absolute Gasteiger partial charge is 0.493 e. The summed E-state index contributed by atoms with van der Waals surface area (Å²) < 4.78 is 25.7. The van der Waals surface area contributed by atoms with Crippen LogP contribution < -0.4 is 9.47 Å². The molecule has 2 fully saturated rings. The van der Waals surface area contributed by atoms with Gasteiger partial charge in [0.1, 0.15) is 12.3 Å². The Bertz CT molecular complexity index is 732. The Morgan fingerprint density at radius 2 is 2.00 bits per heavy atom. The lowest BCUT2D eigenvalue weighted by Gasteiger charge is -2.47. The number of alkyl halides is 1. The fraction of sp³-hybridized carbons (Fsp3) is 0.750. The maximum Gasteiger partial charge on any atom is 0.162 e. The average Bonchev–Trinajstić information content (AvgIpc) is 3.05. The van der Waals surface area contributed by atoms with Crippen LogP contribution in [-0.2, 0) is 6.42 Å². The highest BCUT2D eigenvalue weighted by atomic mass is 19.1. The first-order chi connectivity index (χ1) is 13.7. The Balaban J connectivity index is 1.56. The van der Waals surface area contributed by atoms with E-state index < -0.39 is 6.17 Å². The Morgan fingerprint density at radius 1 is 1.21 bits per heavy atom. The molecule has 3 aliphatic rings. The van der Waals surface area contributed by atoms with Crippen molar-refractivity contribution in [1.82, 2.24) is 4.90 Å². The third-order valence-corrected chi connectivity index (χ3v) is 6.90. The minimum atomic E-state index is -0.889. The first-order valence-corrected chi connectivity index (χ1v) is 11.2. The standard InChI is InChI=1S/C24H36FNO3/c1-24(2,3)13-16-14-26-9-8-15-10-23(29-21-7-5-6-18(21)25)22(28-4)11-17(15)19(26)12-20(16)27/h10-11,16,18-21,27H,5-9,12-14H2,1-4H3. The number of hydrogen-bond acceptors (Lipinski definition) is 4. The van der Waals surface area contributed by atoms with Crippen LogP contribution in [0.15, 0.2) is 12.1 Å². The van der Waals surface area contributed by atoms with Gasteiger partial charge in [0.25, 0.3) is 0 Å². The number of fused-ring (bicyclic) bond motifs is 3. The molecule has 0 radical (unpaired) electrons. The van der Waals surface area contributed by atoms with Gasteiger partial charge in [-0.2, -0.15) is 0 Å².